The van der Waals surface area contributed by atoms with Gasteiger partial charge in [-0.05, 0) is 68.4 Å². The van der Waals surface area contributed by atoms with E-state index in [1.165, 1.54) is 0 Å². The lowest BCUT2D eigenvalue weighted by Gasteiger charge is -2.22. The Labute approximate surface area is 233 Å². The van der Waals surface area contributed by atoms with E-state index in [1.807, 2.05) is 18.2 Å². The molecule has 0 fully saturated rings. The van der Waals surface area contributed by atoms with Gasteiger partial charge in [-0.1, -0.05) is 84.9 Å². The predicted octanol–water partition coefficient (Wildman–Crippen LogP) is 8.22. The Morgan fingerprint density at radius 1 is 0.825 bits per heavy atom. The van der Waals surface area contributed by atoms with E-state index in [-0.39, 0.29) is 0 Å². The van der Waals surface area contributed by atoms with Crippen molar-refractivity contribution < 1.29 is 23.8 Å². The van der Waals surface area contributed by atoms with Crippen molar-refractivity contribution in [2.24, 2.45) is 0 Å². The van der Waals surface area contributed by atoms with Crippen molar-refractivity contribution in [1.29, 1.82) is 0 Å². The van der Waals surface area contributed by atoms with Crippen LogP contribution in [0.3, 0.4) is 0 Å². The van der Waals surface area contributed by atoms with Gasteiger partial charge in [-0.15, -0.1) is 0 Å². The summed E-state index contributed by atoms with van der Waals surface area (Å²) in [6.07, 6.45) is 0.925. The van der Waals surface area contributed by atoms with E-state index in [0.717, 1.165) is 49.8 Å². The number of para-hydroxylation sites is 2. The van der Waals surface area contributed by atoms with Crippen molar-refractivity contribution in [2.75, 3.05) is 0 Å². The third-order valence-corrected chi connectivity index (χ3v) is 6.83. The summed E-state index contributed by atoms with van der Waals surface area (Å²) >= 11 is 0. The van der Waals surface area contributed by atoms with Gasteiger partial charge < -0.3 is 19.6 Å². The fourth-order valence-electron chi connectivity index (χ4n) is 4.90. The Kier molecular flexibility index (Phi) is 7.60. The fraction of sp³-hybridized carbons (Fsp3) is 0.235. The highest BCUT2D eigenvalue weighted by atomic mass is 16.6. The van der Waals surface area contributed by atoms with Crippen molar-refractivity contribution in [3.8, 4) is 22.3 Å². The molecule has 6 nitrogen and oxygen atoms in total. The number of rotatable bonds is 8. The molecular weight excluding hydrogens is 502 g/mol. The number of amides is 1. The molecule has 5 aromatic rings. The van der Waals surface area contributed by atoms with Gasteiger partial charge in [0.2, 0.25) is 0 Å². The first-order valence-corrected chi connectivity index (χ1v) is 13.5. The van der Waals surface area contributed by atoms with Crippen molar-refractivity contribution in [2.45, 2.75) is 51.7 Å². The number of benzene rings is 4. The summed E-state index contributed by atoms with van der Waals surface area (Å²) in [7, 11) is 0. The highest BCUT2D eigenvalue weighted by Crippen LogP contribution is 2.36. The monoisotopic (exact) mass is 535 g/mol. The summed E-state index contributed by atoms with van der Waals surface area (Å²) < 4.78 is 11.4. The van der Waals surface area contributed by atoms with Crippen molar-refractivity contribution >= 4 is 34.0 Å². The molecule has 5 rings (SSSR count). The molecule has 1 amide bonds. The summed E-state index contributed by atoms with van der Waals surface area (Å²) in [6, 6.07) is 30.1. The molecule has 1 heterocycles. The smallest absolute Gasteiger partial charge is 0.408 e. The summed E-state index contributed by atoms with van der Waals surface area (Å²) in [5, 5.41) is 14.2. The second-order valence-corrected chi connectivity index (χ2v) is 11.0. The number of nitrogens with one attached hydrogen (secondary N) is 1. The van der Waals surface area contributed by atoms with Crippen LogP contribution in [-0.4, -0.2) is 28.8 Å². The molecule has 0 aliphatic rings. The molecule has 2 N–H and O–H groups in total. The number of alkyl carbamates (subject to hydrolysis) is 1. The average Bonchev–Trinajstić information content (AvgIpc) is 3.31. The molecule has 204 valence electrons. The molecule has 1 unspecified atom stereocenters. The number of fused-ring (bicyclic) bond motifs is 3. The lowest BCUT2D eigenvalue weighted by molar-refractivity contribution is -0.139. The first-order chi connectivity index (χ1) is 19.2. The van der Waals surface area contributed by atoms with Crippen LogP contribution in [0.4, 0.5) is 4.79 Å². The predicted molar refractivity (Wildman–Crippen MR) is 158 cm³/mol. The Morgan fingerprint density at radius 3 is 2.12 bits per heavy atom. The number of aliphatic carboxylic acids is 1. The largest absolute Gasteiger partial charge is 0.480 e. The van der Waals surface area contributed by atoms with E-state index in [0.29, 0.717) is 19.3 Å². The number of carboxylic acid groups (broad SMARTS) is 1. The van der Waals surface area contributed by atoms with Crippen LogP contribution in [0.5, 0.6) is 0 Å². The molecule has 40 heavy (non-hydrogen) atoms. The first-order valence-electron chi connectivity index (χ1n) is 13.5. The molecule has 1 aromatic heterocycles. The molecule has 0 spiro atoms. The van der Waals surface area contributed by atoms with E-state index in [2.05, 4.69) is 78.1 Å². The van der Waals surface area contributed by atoms with Crippen LogP contribution >= 0.6 is 0 Å². The van der Waals surface area contributed by atoms with Crippen LogP contribution in [0, 0.1) is 0 Å². The molecule has 0 saturated carbocycles. The second kappa shape index (κ2) is 11.3. The van der Waals surface area contributed by atoms with E-state index >= 15 is 0 Å². The van der Waals surface area contributed by atoms with Gasteiger partial charge in [0, 0.05) is 16.3 Å². The number of furan rings is 1. The molecule has 0 aliphatic carbocycles. The number of hydrogen-bond acceptors (Lipinski definition) is 4. The Balaban J connectivity index is 1.22. The normalized spacial score (nSPS) is 12.4. The molecule has 1 atom stereocenters. The zero-order valence-corrected chi connectivity index (χ0v) is 22.9. The number of carboxylic acids is 1. The molecule has 4 aromatic carbocycles. The van der Waals surface area contributed by atoms with Gasteiger partial charge in [-0.3, -0.25) is 0 Å². The number of carbonyl (C=O) groups excluding carboxylic acids is 1. The first kappa shape index (κ1) is 27.0. The zero-order chi connectivity index (χ0) is 28.3. The van der Waals surface area contributed by atoms with Gasteiger partial charge in [-0.25, -0.2) is 9.59 Å². The molecular formula is C34H33NO5. The number of ether oxygens (including phenoxy) is 1. The molecule has 0 radical (unpaired) electrons. The standard InChI is InChI=1S/C34H33NO5/c1-34(2,3)40-33(38)35-29(32(36)37)12-6-8-22-14-16-23(17-15-22)24-18-20-25(21-19-24)26-10-7-11-28-27-9-4-5-13-30(27)39-31(26)28/h4-5,7,9-11,13-21,29H,6,8,12H2,1-3H3,(H,35,38)(H,36,37). The van der Waals surface area contributed by atoms with E-state index < -0.39 is 23.7 Å². The maximum atomic E-state index is 12.0. The third kappa shape index (κ3) is 6.18. The minimum atomic E-state index is -1.07. The van der Waals surface area contributed by atoms with Crippen molar-refractivity contribution in [1.82, 2.24) is 5.32 Å². The van der Waals surface area contributed by atoms with Gasteiger partial charge >= 0.3 is 12.1 Å². The lowest BCUT2D eigenvalue weighted by Crippen LogP contribution is -2.43. The Hall–Kier alpha value is -4.58. The lowest BCUT2D eigenvalue weighted by atomic mass is 9.97. The van der Waals surface area contributed by atoms with Crippen LogP contribution in [0.15, 0.2) is 95.4 Å². The van der Waals surface area contributed by atoms with Gasteiger partial charge in [-0.2, -0.15) is 0 Å². The van der Waals surface area contributed by atoms with Crippen molar-refractivity contribution in [3.63, 3.8) is 0 Å². The summed E-state index contributed by atoms with van der Waals surface area (Å²) in [4.78, 5) is 23.6. The summed E-state index contributed by atoms with van der Waals surface area (Å²) in [5.74, 6) is -1.07. The van der Waals surface area contributed by atoms with Crippen molar-refractivity contribution in [3.05, 3.63) is 96.6 Å². The van der Waals surface area contributed by atoms with E-state index in [4.69, 9.17) is 9.15 Å². The van der Waals surface area contributed by atoms with Crippen LogP contribution in [0.2, 0.25) is 0 Å². The van der Waals surface area contributed by atoms with Crippen LogP contribution in [-0.2, 0) is 16.0 Å². The van der Waals surface area contributed by atoms with Gasteiger partial charge in [0.15, 0.2) is 0 Å². The Bertz CT molecular complexity index is 1640. The molecule has 6 heteroatoms. The van der Waals surface area contributed by atoms with Gasteiger partial charge in [0.05, 0.1) is 0 Å². The third-order valence-electron chi connectivity index (χ3n) is 6.83. The highest BCUT2D eigenvalue weighted by molar-refractivity contribution is 6.09. The number of aryl methyl sites for hydroxylation is 1. The fourth-order valence-corrected chi connectivity index (χ4v) is 4.90. The highest BCUT2D eigenvalue weighted by Gasteiger charge is 2.23. The second-order valence-electron chi connectivity index (χ2n) is 11.0. The summed E-state index contributed by atoms with van der Waals surface area (Å²) in [5.41, 5.74) is 6.59. The van der Waals surface area contributed by atoms with Gasteiger partial charge in [0.25, 0.3) is 0 Å². The maximum Gasteiger partial charge on any atom is 0.408 e. The van der Waals surface area contributed by atoms with E-state index in [9.17, 15) is 14.7 Å². The molecule has 0 saturated heterocycles. The topological polar surface area (TPSA) is 88.8 Å². The van der Waals surface area contributed by atoms with Crippen LogP contribution in [0.25, 0.3) is 44.2 Å². The SMILES string of the molecule is CC(C)(C)OC(=O)NC(CCCc1ccc(-c2ccc(-c3cccc4c3oc3ccccc34)cc2)cc1)C(=O)O. The molecule has 0 bridgehead atoms. The quantitative estimate of drug-likeness (QED) is 0.209. The minimum absolute atomic E-state index is 0.315. The Morgan fingerprint density at radius 2 is 1.45 bits per heavy atom. The van der Waals surface area contributed by atoms with Crippen LogP contribution < -0.4 is 5.32 Å². The van der Waals surface area contributed by atoms with Crippen LogP contribution in [0.1, 0.15) is 39.2 Å². The van der Waals surface area contributed by atoms with Gasteiger partial charge in [0.1, 0.15) is 22.8 Å². The zero-order valence-electron chi connectivity index (χ0n) is 22.9. The maximum absolute atomic E-state index is 12.0. The molecule has 0 aliphatic heterocycles. The average molecular weight is 536 g/mol. The minimum Gasteiger partial charge on any atom is -0.480 e. The number of carbonyl (C=O) groups is 2. The van der Waals surface area contributed by atoms with E-state index in [1.54, 1.807) is 20.8 Å². The number of hydrogen-bond donors (Lipinski definition) is 2. The summed E-state index contributed by atoms with van der Waals surface area (Å²) in [6.45, 7) is 5.22.